The Morgan fingerprint density at radius 2 is 1.75 bits per heavy atom. The van der Waals surface area contributed by atoms with Gasteiger partial charge in [-0.25, -0.2) is 12.8 Å². The molecule has 1 aliphatic rings. The lowest BCUT2D eigenvalue weighted by molar-refractivity contribution is 0.135. The molecule has 0 unspecified atom stereocenters. The average molecular weight is 370 g/mol. The van der Waals surface area contributed by atoms with E-state index >= 15 is 0 Å². The molecule has 0 spiro atoms. The van der Waals surface area contributed by atoms with Crippen LogP contribution in [0, 0.1) is 5.82 Å². The zero-order valence-corrected chi connectivity index (χ0v) is 14.4. The molecule has 2 aromatic rings. The second-order valence-corrected chi connectivity index (χ2v) is 8.01. The zero-order valence-electron chi connectivity index (χ0n) is 12.9. The van der Waals surface area contributed by atoms with Gasteiger partial charge in [-0.3, -0.25) is 0 Å². The maximum absolute atomic E-state index is 12.9. The number of nitrogens with zero attached hydrogens (tertiary/aromatic N) is 1. The number of halogens is 2. The number of piperidine rings is 1. The van der Waals surface area contributed by atoms with E-state index in [0.717, 1.165) is 0 Å². The number of sulfonamides is 1. The highest BCUT2D eigenvalue weighted by Gasteiger charge is 2.30. The van der Waals surface area contributed by atoms with Gasteiger partial charge in [-0.2, -0.15) is 4.31 Å². The van der Waals surface area contributed by atoms with E-state index < -0.39 is 10.0 Å². The van der Waals surface area contributed by atoms with E-state index in [4.69, 9.17) is 16.3 Å². The van der Waals surface area contributed by atoms with Crippen LogP contribution in [-0.2, 0) is 10.0 Å². The molecule has 0 saturated carbocycles. The molecule has 1 fully saturated rings. The van der Waals surface area contributed by atoms with Gasteiger partial charge >= 0.3 is 0 Å². The van der Waals surface area contributed by atoms with Gasteiger partial charge in [0.25, 0.3) is 0 Å². The first-order valence-corrected chi connectivity index (χ1v) is 9.45. The van der Waals surface area contributed by atoms with E-state index in [9.17, 15) is 12.8 Å². The number of benzene rings is 2. The van der Waals surface area contributed by atoms with Crippen molar-refractivity contribution in [3.8, 4) is 5.75 Å². The second-order valence-electron chi connectivity index (χ2n) is 5.63. The molecule has 7 heteroatoms. The molecule has 4 nitrogen and oxygen atoms in total. The molecule has 1 aliphatic heterocycles. The van der Waals surface area contributed by atoms with Crippen LogP contribution in [0.5, 0.6) is 5.75 Å². The van der Waals surface area contributed by atoms with Gasteiger partial charge in [0, 0.05) is 18.1 Å². The van der Waals surface area contributed by atoms with Gasteiger partial charge in [-0.1, -0.05) is 17.7 Å². The molecule has 1 heterocycles. The third kappa shape index (κ3) is 3.88. The zero-order chi connectivity index (χ0) is 17.2. The van der Waals surface area contributed by atoms with Crippen LogP contribution in [0.4, 0.5) is 4.39 Å². The van der Waals surface area contributed by atoms with E-state index in [0.29, 0.717) is 36.7 Å². The van der Waals surface area contributed by atoms with Crippen molar-refractivity contribution in [2.45, 2.75) is 23.8 Å². The highest BCUT2D eigenvalue weighted by atomic mass is 35.5. The van der Waals surface area contributed by atoms with Gasteiger partial charge in [0.15, 0.2) is 0 Å². The Kier molecular flexibility index (Phi) is 5.08. The molecule has 2 aromatic carbocycles. The summed E-state index contributed by atoms with van der Waals surface area (Å²) in [5, 5.41) is 0.394. The lowest BCUT2D eigenvalue weighted by Gasteiger charge is -2.31. The Labute approximate surface area is 145 Å². The molecule has 3 rings (SSSR count). The molecule has 0 aromatic heterocycles. The SMILES string of the molecule is O=S(=O)(c1cccc(Cl)c1)N1CCC(Oc2ccc(F)cc2)CC1. The maximum Gasteiger partial charge on any atom is 0.243 e. The fourth-order valence-electron chi connectivity index (χ4n) is 2.67. The molecule has 128 valence electrons. The molecule has 0 amide bonds. The van der Waals surface area contributed by atoms with Crippen molar-refractivity contribution < 1.29 is 17.5 Å². The Balaban J connectivity index is 1.63. The predicted octanol–water partition coefficient (Wildman–Crippen LogP) is 3.71. The molecule has 0 N–H and O–H groups in total. The summed E-state index contributed by atoms with van der Waals surface area (Å²) in [6.45, 7) is 0.751. The summed E-state index contributed by atoms with van der Waals surface area (Å²) in [4.78, 5) is 0.202. The molecular formula is C17H17ClFNO3S. The highest BCUT2D eigenvalue weighted by Crippen LogP contribution is 2.25. The maximum atomic E-state index is 12.9. The van der Waals surface area contributed by atoms with E-state index in [1.165, 1.54) is 22.5 Å². The van der Waals surface area contributed by atoms with Crippen molar-refractivity contribution in [3.05, 3.63) is 59.4 Å². The van der Waals surface area contributed by atoms with Crippen LogP contribution in [-0.4, -0.2) is 31.9 Å². The molecule has 0 bridgehead atoms. The summed E-state index contributed by atoms with van der Waals surface area (Å²) >= 11 is 5.88. The fourth-order valence-corrected chi connectivity index (χ4v) is 4.44. The monoisotopic (exact) mass is 369 g/mol. The fraction of sp³-hybridized carbons (Fsp3) is 0.294. The van der Waals surface area contributed by atoms with Crippen molar-refractivity contribution in [2.24, 2.45) is 0 Å². The molecule has 0 aliphatic carbocycles. The topological polar surface area (TPSA) is 46.6 Å². The van der Waals surface area contributed by atoms with Gasteiger partial charge in [0.2, 0.25) is 10.0 Å². The summed E-state index contributed by atoms with van der Waals surface area (Å²) in [5.41, 5.74) is 0. The van der Waals surface area contributed by atoms with Gasteiger partial charge in [0.1, 0.15) is 17.7 Å². The van der Waals surface area contributed by atoms with Gasteiger partial charge < -0.3 is 4.74 Å². The smallest absolute Gasteiger partial charge is 0.243 e. The van der Waals surface area contributed by atoms with Crippen LogP contribution in [0.15, 0.2) is 53.4 Å². The largest absolute Gasteiger partial charge is 0.490 e. The first-order chi connectivity index (χ1) is 11.4. The second kappa shape index (κ2) is 7.09. The Hall–Kier alpha value is -1.63. The minimum absolute atomic E-state index is 0.0822. The van der Waals surface area contributed by atoms with Crippen LogP contribution >= 0.6 is 11.6 Å². The van der Waals surface area contributed by atoms with E-state index in [2.05, 4.69) is 0 Å². The van der Waals surface area contributed by atoms with E-state index in [-0.39, 0.29) is 16.8 Å². The van der Waals surface area contributed by atoms with Crippen LogP contribution in [0.2, 0.25) is 5.02 Å². The third-order valence-electron chi connectivity index (χ3n) is 3.95. The third-order valence-corrected chi connectivity index (χ3v) is 6.08. The van der Waals surface area contributed by atoms with Gasteiger partial charge in [0.05, 0.1) is 4.90 Å². The number of rotatable bonds is 4. The molecule has 0 atom stereocenters. The van der Waals surface area contributed by atoms with E-state index in [1.54, 1.807) is 30.3 Å². The van der Waals surface area contributed by atoms with Crippen LogP contribution < -0.4 is 4.74 Å². The normalized spacial score (nSPS) is 16.9. The van der Waals surface area contributed by atoms with E-state index in [1.807, 2.05) is 0 Å². The minimum Gasteiger partial charge on any atom is -0.490 e. The Morgan fingerprint density at radius 3 is 2.38 bits per heavy atom. The summed E-state index contributed by atoms with van der Waals surface area (Å²) in [7, 11) is -3.54. The molecular weight excluding hydrogens is 353 g/mol. The van der Waals surface area contributed by atoms with Crippen molar-refractivity contribution in [3.63, 3.8) is 0 Å². The summed E-state index contributed by atoms with van der Waals surface area (Å²) in [6, 6.07) is 12.1. The average Bonchev–Trinajstić information content (AvgIpc) is 2.57. The summed E-state index contributed by atoms with van der Waals surface area (Å²) in [6.07, 6.45) is 1.08. The molecule has 1 saturated heterocycles. The van der Waals surface area contributed by atoms with Crippen LogP contribution in [0.3, 0.4) is 0 Å². The van der Waals surface area contributed by atoms with Crippen molar-refractivity contribution in [2.75, 3.05) is 13.1 Å². The van der Waals surface area contributed by atoms with Crippen LogP contribution in [0.1, 0.15) is 12.8 Å². The minimum atomic E-state index is -3.54. The number of ether oxygens (including phenoxy) is 1. The predicted molar refractivity (Wildman–Crippen MR) is 90.3 cm³/mol. The Bertz CT molecular complexity index is 803. The van der Waals surface area contributed by atoms with Crippen LogP contribution in [0.25, 0.3) is 0 Å². The quantitative estimate of drug-likeness (QED) is 0.825. The lowest BCUT2D eigenvalue weighted by atomic mass is 10.1. The lowest BCUT2D eigenvalue weighted by Crippen LogP contribution is -2.41. The summed E-state index contributed by atoms with van der Waals surface area (Å²) < 4.78 is 45.4. The Morgan fingerprint density at radius 1 is 1.08 bits per heavy atom. The van der Waals surface area contributed by atoms with Gasteiger partial charge in [-0.15, -0.1) is 0 Å². The first-order valence-electron chi connectivity index (χ1n) is 7.63. The number of hydrogen-bond acceptors (Lipinski definition) is 3. The molecule has 0 radical (unpaired) electrons. The van der Waals surface area contributed by atoms with Crippen molar-refractivity contribution in [1.29, 1.82) is 0 Å². The van der Waals surface area contributed by atoms with Crippen molar-refractivity contribution >= 4 is 21.6 Å². The number of hydrogen-bond donors (Lipinski definition) is 0. The summed E-state index contributed by atoms with van der Waals surface area (Å²) in [5.74, 6) is 0.275. The molecule has 24 heavy (non-hydrogen) atoms. The van der Waals surface area contributed by atoms with Crippen molar-refractivity contribution in [1.82, 2.24) is 4.31 Å². The standard InChI is InChI=1S/C17H17ClFNO3S/c18-13-2-1-3-17(12-13)24(21,22)20-10-8-16(9-11-20)23-15-6-4-14(19)5-7-15/h1-7,12,16H,8-11H2. The first kappa shape index (κ1) is 17.2. The highest BCUT2D eigenvalue weighted by molar-refractivity contribution is 7.89. The van der Waals surface area contributed by atoms with Gasteiger partial charge in [-0.05, 0) is 55.3 Å².